The van der Waals surface area contributed by atoms with Crippen molar-refractivity contribution in [3.05, 3.63) is 29.8 Å². The summed E-state index contributed by atoms with van der Waals surface area (Å²) in [5.41, 5.74) is 7.42. The molecule has 0 aliphatic heterocycles. The molecule has 0 saturated carbocycles. The van der Waals surface area contributed by atoms with E-state index in [0.717, 1.165) is 5.56 Å². The molecule has 0 radical (unpaired) electrons. The Bertz CT molecular complexity index is 379. The average Bonchev–Trinajstić information content (AvgIpc) is 2.26. The van der Waals surface area contributed by atoms with Crippen LogP contribution in [0, 0.1) is 0 Å². The third-order valence-electron chi connectivity index (χ3n) is 2.97. The van der Waals surface area contributed by atoms with E-state index in [1.54, 1.807) is 18.9 Å². The summed E-state index contributed by atoms with van der Waals surface area (Å²) >= 11 is 0. The number of carboxylic acid groups (broad SMARTS) is 1. The molecule has 2 unspecified atom stereocenters. The number of carboxylic acids is 1. The molecular formula is C12H18N2O2. The first-order chi connectivity index (χ1) is 7.43. The van der Waals surface area contributed by atoms with Crippen molar-refractivity contribution in [1.82, 2.24) is 4.90 Å². The van der Waals surface area contributed by atoms with E-state index in [4.69, 9.17) is 10.8 Å². The quantitative estimate of drug-likeness (QED) is 0.761. The Balaban J connectivity index is 2.85. The van der Waals surface area contributed by atoms with Gasteiger partial charge in [0.05, 0.1) is 0 Å². The van der Waals surface area contributed by atoms with Gasteiger partial charge in [-0.3, -0.25) is 9.69 Å². The number of aliphatic carboxylic acids is 1. The molecule has 1 aromatic rings. The Morgan fingerprint density at radius 3 is 2.56 bits per heavy atom. The van der Waals surface area contributed by atoms with Crippen LogP contribution in [-0.2, 0) is 4.79 Å². The van der Waals surface area contributed by atoms with Crippen molar-refractivity contribution in [2.45, 2.75) is 25.9 Å². The minimum Gasteiger partial charge on any atom is -0.480 e. The number of anilines is 1. The first-order valence-electron chi connectivity index (χ1n) is 5.23. The van der Waals surface area contributed by atoms with Crippen LogP contribution in [-0.4, -0.2) is 29.1 Å². The Morgan fingerprint density at radius 2 is 2.06 bits per heavy atom. The number of nitrogens with two attached hydrogens (primary N) is 1. The normalized spacial score (nSPS) is 14.8. The molecule has 0 bridgehead atoms. The van der Waals surface area contributed by atoms with Gasteiger partial charge in [0.2, 0.25) is 0 Å². The second kappa shape index (κ2) is 4.99. The van der Waals surface area contributed by atoms with Crippen LogP contribution < -0.4 is 5.73 Å². The Labute approximate surface area is 95.7 Å². The lowest BCUT2D eigenvalue weighted by Crippen LogP contribution is -2.37. The molecule has 16 heavy (non-hydrogen) atoms. The highest BCUT2D eigenvalue weighted by atomic mass is 16.4. The molecule has 1 aromatic carbocycles. The van der Waals surface area contributed by atoms with Crippen LogP contribution in [0.3, 0.4) is 0 Å². The van der Waals surface area contributed by atoms with E-state index in [-0.39, 0.29) is 6.04 Å². The number of nitrogen functional groups attached to an aromatic ring is 1. The molecule has 0 amide bonds. The summed E-state index contributed by atoms with van der Waals surface area (Å²) in [5.74, 6) is -0.821. The number of hydrogen-bond acceptors (Lipinski definition) is 3. The zero-order valence-corrected chi connectivity index (χ0v) is 9.84. The molecule has 4 heteroatoms. The second-order valence-corrected chi connectivity index (χ2v) is 4.03. The van der Waals surface area contributed by atoms with E-state index in [0.29, 0.717) is 5.69 Å². The van der Waals surface area contributed by atoms with E-state index < -0.39 is 12.0 Å². The van der Waals surface area contributed by atoms with Crippen molar-refractivity contribution in [2.75, 3.05) is 12.8 Å². The first-order valence-corrected chi connectivity index (χ1v) is 5.23. The summed E-state index contributed by atoms with van der Waals surface area (Å²) in [6, 6.07) is 7.02. The maximum Gasteiger partial charge on any atom is 0.320 e. The Morgan fingerprint density at radius 1 is 1.44 bits per heavy atom. The van der Waals surface area contributed by atoms with Crippen LogP contribution in [0.1, 0.15) is 25.5 Å². The fourth-order valence-electron chi connectivity index (χ4n) is 1.56. The molecular weight excluding hydrogens is 204 g/mol. The smallest absolute Gasteiger partial charge is 0.320 e. The summed E-state index contributed by atoms with van der Waals surface area (Å²) in [6.07, 6.45) is 0. The molecule has 0 aromatic heterocycles. The highest BCUT2D eigenvalue weighted by molar-refractivity contribution is 5.72. The molecule has 0 saturated heterocycles. The fraction of sp³-hybridized carbons (Fsp3) is 0.417. The SMILES string of the molecule is CC(C(=O)O)N(C)C(C)c1cccc(N)c1. The van der Waals surface area contributed by atoms with Crippen LogP contribution in [0.5, 0.6) is 0 Å². The lowest BCUT2D eigenvalue weighted by molar-refractivity contribution is -0.142. The van der Waals surface area contributed by atoms with Gasteiger partial charge < -0.3 is 10.8 Å². The topological polar surface area (TPSA) is 66.6 Å². The molecule has 3 N–H and O–H groups in total. The van der Waals surface area contributed by atoms with Gasteiger partial charge >= 0.3 is 5.97 Å². The van der Waals surface area contributed by atoms with E-state index in [1.165, 1.54) is 0 Å². The summed E-state index contributed by atoms with van der Waals surface area (Å²) in [4.78, 5) is 12.7. The standard InChI is InChI=1S/C12H18N2O2/c1-8(14(3)9(2)12(15)16)10-5-4-6-11(13)7-10/h4-9H,13H2,1-3H3,(H,15,16). The van der Waals surface area contributed by atoms with Crippen LogP contribution >= 0.6 is 0 Å². The maximum atomic E-state index is 10.9. The summed E-state index contributed by atoms with van der Waals surface area (Å²) < 4.78 is 0. The van der Waals surface area contributed by atoms with Gasteiger partial charge in [-0.1, -0.05) is 12.1 Å². The predicted octanol–water partition coefficient (Wildman–Crippen LogP) is 1.73. The molecule has 2 atom stereocenters. The van der Waals surface area contributed by atoms with E-state index in [1.807, 2.05) is 31.2 Å². The average molecular weight is 222 g/mol. The first kappa shape index (κ1) is 12.5. The second-order valence-electron chi connectivity index (χ2n) is 4.03. The number of benzene rings is 1. The van der Waals surface area contributed by atoms with E-state index in [9.17, 15) is 4.79 Å². The van der Waals surface area contributed by atoms with Crippen molar-refractivity contribution in [3.63, 3.8) is 0 Å². The molecule has 0 fully saturated rings. The number of nitrogens with zero attached hydrogens (tertiary/aromatic N) is 1. The molecule has 0 spiro atoms. The number of likely N-dealkylation sites (N-methyl/N-ethyl adjacent to an activating group) is 1. The molecule has 88 valence electrons. The molecule has 4 nitrogen and oxygen atoms in total. The fourth-order valence-corrected chi connectivity index (χ4v) is 1.56. The predicted molar refractivity (Wildman–Crippen MR) is 64.1 cm³/mol. The van der Waals surface area contributed by atoms with Gasteiger partial charge in [0.1, 0.15) is 6.04 Å². The van der Waals surface area contributed by atoms with Crippen molar-refractivity contribution in [1.29, 1.82) is 0 Å². The molecule has 0 aliphatic rings. The number of hydrogen-bond donors (Lipinski definition) is 2. The van der Waals surface area contributed by atoms with Gasteiger partial charge in [0, 0.05) is 11.7 Å². The third kappa shape index (κ3) is 2.73. The van der Waals surface area contributed by atoms with E-state index >= 15 is 0 Å². The zero-order chi connectivity index (χ0) is 12.3. The minimum atomic E-state index is -0.821. The largest absolute Gasteiger partial charge is 0.480 e. The van der Waals surface area contributed by atoms with Crippen LogP contribution in [0.15, 0.2) is 24.3 Å². The highest BCUT2D eigenvalue weighted by Crippen LogP contribution is 2.22. The van der Waals surface area contributed by atoms with Gasteiger partial charge in [0.15, 0.2) is 0 Å². The van der Waals surface area contributed by atoms with Gasteiger partial charge in [0.25, 0.3) is 0 Å². The minimum absolute atomic E-state index is 0.0228. The van der Waals surface area contributed by atoms with Crippen LogP contribution in [0.2, 0.25) is 0 Å². The van der Waals surface area contributed by atoms with Crippen molar-refractivity contribution < 1.29 is 9.90 Å². The van der Waals surface area contributed by atoms with Gasteiger partial charge in [-0.15, -0.1) is 0 Å². The highest BCUT2D eigenvalue weighted by Gasteiger charge is 2.22. The van der Waals surface area contributed by atoms with Gasteiger partial charge in [-0.2, -0.15) is 0 Å². The molecule has 0 aliphatic carbocycles. The number of rotatable bonds is 4. The van der Waals surface area contributed by atoms with E-state index in [2.05, 4.69) is 0 Å². The number of carbonyl (C=O) groups is 1. The summed E-state index contributed by atoms with van der Waals surface area (Å²) in [7, 11) is 1.80. The van der Waals surface area contributed by atoms with Crippen molar-refractivity contribution in [2.24, 2.45) is 0 Å². The van der Waals surface area contributed by atoms with Crippen molar-refractivity contribution >= 4 is 11.7 Å². The summed E-state index contributed by atoms with van der Waals surface area (Å²) in [5, 5.41) is 8.94. The van der Waals surface area contributed by atoms with Gasteiger partial charge in [-0.05, 0) is 38.6 Å². The van der Waals surface area contributed by atoms with Gasteiger partial charge in [-0.25, -0.2) is 0 Å². The lowest BCUT2D eigenvalue weighted by atomic mass is 10.1. The Kier molecular flexibility index (Phi) is 3.90. The van der Waals surface area contributed by atoms with Crippen LogP contribution in [0.25, 0.3) is 0 Å². The lowest BCUT2D eigenvalue weighted by Gasteiger charge is -2.28. The summed E-state index contributed by atoms with van der Waals surface area (Å²) in [6.45, 7) is 3.64. The zero-order valence-electron chi connectivity index (χ0n) is 9.84. The maximum absolute atomic E-state index is 10.9. The molecule has 1 rings (SSSR count). The van der Waals surface area contributed by atoms with Crippen LogP contribution in [0.4, 0.5) is 5.69 Å². The third-order valence-corrected chi connectivity index (χ3v) is 2.97. The van der Waals surface area contributed by atoms with Crippen molar-refractivity contribution in [3.8, 4) is 0 Å². The Hall–Kier alpha value is -1.55. The molecule has 0 heterocycles. The monoisotopic (exact) mass is 222 g/mol.